The highest BCUT2D eigenvalue weighted by Crippen LogP contribution is 2.05. The minimum Gasteiger partial charge on any atom is -0.382 e. The van der Waals surface area contributed by atoms with E-state index >= 15 is 0 Å². The fraction of sp³-hybridized carbons (Fsp3) is 0.846. The zero-order chi connectivity index (χ0) is 13.2. The number of aryl methyl sites for hydroxylation is 1. The third kappa shape index (κ3) is 6.12. The predicted octanol–water partition coefficient (Wildman–Crippen LogP) is 1.54. The first kappa shape index (κ1) is 15.1. The fourth-order valence-corrected chi connectivity index (χ4v) is 1.94. The van der Waals surface area contributed by atoms with Crippen LogP contribution in [0.5, 0.6) is 0 Å². The van der Waals surface area contributed by atoms with E-state index in [0.717, 1.165) is 51.1 Å². The van der Waals surface area contributed by atoms with Crippen molar-refractivity contribution >= 4 is 0 Å². The van der Waals surface area contributed by atoms with Gasteiger partial charge in [-0.15, -0.1) is 5.10 Å². The molecule has 1 N–H and O–H groups in total. The highest BCUT2D eigenvalue weighted by Gasteiger charge is 2.10. The third-order valence-electron chi connectivity index (χ3n) is 2.83. The first-order valence-electron chi connectivity index (χ1n) is 6.92. The summed E-state index contributed by atoms with van der Waals surface area (Å²) in [5, 5.41) is 11.7. The van der Waals surface area contributed by atoms with Crippen LogP contribution >= 0.6 is 0 Å². The molecule has 1 heterocycles. The van der Waals surface area contributed by atoms with Gasteiger partial charge in [-0.3, -0.25) is 4.68 Å². The molecule has 1 aromatic rings. The van der Waals surface area contributed by atoms with Gasteiger partial charge in [0.2, 0.25) is 0 Å². The van der Waals surface area contributed by atoms with Crippen LogP contribution in [0.3, 0.4) is 0 Å². The molecule has 0 aliphatic rings. The monoisotopic (exact) mass is 254 g/mol. The van der Waals surface area contributed by atoms with Gasteiger partial charge in [0.1, 0.15) is 0 Å². The topological polar surface area (TPSA) is 52.0 Å². The zero-order valence-corrected chi connectivity index (χ0v) is 11.9. The van der Waals surface area contributed by atoms with E-state index in [1.165, 1.54) is 0 Å². The van der Waals surface area contributed by atoms with Crippen molar-refractivity contribution in [3.05, 3.63) is 11.9 Å². The van der Waals surface area contributed by atoms with Crippen LogP contribution in [0.2, 0.25) is 0 Å². The van der Waals surface area contributed by atoms with Crippen molar-refractivity contribution in [1.29, 1.82) is 0 Å². The van der Waals surface area contributed by atoms with Crippen LogP contribution in [0.15, 0.2) is 6.20 Å². The molecule has 0 aliphatic heterocycles. The van der Waals surface area contributed by atoms with Crippen molar-refractivity contribution in [1.82, 2.24) is 20.3 Å². The molecule has 1 atom stereocenters. The van der Waals surface area contributed by atoms with Crippen molar-refractivity contribution < 1.29 is 4.74 Å². The Morgan fingerprint density at radius 2 is 2.28 bits per heavy atom. The molecule has 1 rings (SSSR count). The number of rotatable bonds is 10. The lowest BCUT2D eigenvalue weighted by Gasteiger charge is -2.17. The fourth-order valence-electron chi connectivity index (χ4n) is 1.94. The molecule has 0 radical (unpaired) electrons. The summed E-state index contributed by atoms with van der Waals surface area (Å²) >= 11 is 0. The zero-order valence-electron chi connectivity index (χ0n) is 11.9. The van der Waals surface area contributed by atoms with E-state index in [0.29, 0.717) is 6.04 Å². The first-order chi connectivity index (χ1) is 8.76. The number of ether oxygens (including phenoxy) is 1. The molecule has 5 nitrogen and oxygen atoms in total. The summed E-state index contributed by atoms with van der Waals surface area (Å²) in [6.45, 7) is 6.93. The molecule has 5 heteroatoms. The second-order valence-corrected chi connectivity index (χ2v) is 4.58. The molecule has 0 spiro atoms. The highest BCUT2D eigenvalue weighted by atomic mass is 16.5. The normalized spacial score (nSPS) is 12.8. The Morgan fingerprint density at radius 3 is 2.89 bits per heavy atom. The number of nitrogens with one attached hydrogen (secondary N) is 1. The smallest absolute Gasteiger partial charge is 0.0842 e. The van der Waals surface area contributed by atoms with Crippen LogP contribution in [-0.2, 0) is 18.2 Å². The summed E-state index contributed by atoms with van der Waals surface area (Å²) in [5.74, 6) is 0. The molecule has 0 aromatic carbocycles. The summed E-state index contributed by atoms with van der Waals surface area (Å²) in [4.78, 5) is 0. The van der Waals surface area contributed by atoms with Gasteiger partial charge in [-0.1, -0.05) is 12.1 Å². The Balaban J connectivity index is 2.34. The summed E-state index contributed by atoms with van der Waals surface area (Å²) in [7, 11) is 1.90. The second-order valence-electron chi connectivity index (χ2n) is 4.58. The van der Waals surface area contributed by atoms with Gasteiger partial charge in [-0.25, -0.2) is 0 Å². The van der Waals surface area contributed by atoms with Crippen LogP contribution < -0.4 is 5.32 Å². The Kier molecular flexibility index (Phi) is 7.60. The van der Waals surface area contributed by atoms with Crippen molar-refractivity contribution in [3.8, 4) is 0 Å². The van der Waals surface area contributed by atoms with E-state index in [1.54, 1.807) is 4.68 Å². The van der Waals surface area contributed by atoms with Gasteiger partial charge in [0.25, 0.3) is 0 Å². The Hall–Kier alpha value is -0.940. The van der Waals surface area contributed by atoms with Crippen molar-refractivity contribution in [2.75, 3.05) is 19.8 Å². The molecule has 0 bridgehead atoms. The summed E-state index contributed by atoms with van der Waals surface area (Å²) in [6, 6.07) is 0.474. The molecule has 0 saturated carbocycles. The van der Waals surface area contributed by atoms with Crippen molar-refractivity contribution in [2.45, 2.75) is 45.6 Å². The molecular formula is C13H26N4O. The Labute approximate surface area is 110 Å². The summed E-state index contributed by atoms with van der Waals surface area (Å²) in [5.41, 5.74) is 1.06. The number of hydrogen-bond donors (Lipinski definition) is 1. The first-order valence-corrected chi connectivity index (χ1v) is 6.92. The lowest BCUT2D eigenvalue weighted by Crippen LogP contribution is -2.32. The Morgan fingerprint density at radius 1 is 1.44 bits per heavy atom. The van der Waals surface area contributed by atoms with E-state index in [2.05, 4.69) is 22.6 Å². The largest absolute Gasteiger partial charge is 0.382 e. The molecule has 0 fully saturated rings. The molecule has 18 heavy (non-hydrogen) atoms. The third-order valence-corrected chi connectivity index (χ3v) is 2.83. The number of nitrogens with zero attached hydrogens (tertiary/aromatic N) is 3. The van der Waals surface area contributed by atoms with Crippen LogP contribution in [0.25, 0.3) is 0 Å². The van der Waals surface area contributed by atoms with Crippen molar-refractivity contribution in [3.63, 3.8) is 0 Å². The minimum atomic E-state index is 0.474. The maximum Gasteiger partial charge on any atom is 0.0842 e. The molecule has 1 aromatic heterocycles. The summed E-state index contributed by atoms with van der Waals surface area (Å²) < 4.78 is 7.14. The van der Waals surface area contributed by atoms with Crippen LogP contribution in [0.4, 0.5) is 0 Å². The standard InChI is InChI=1S/C13H26N4O/c1-4-8-14-12(7-6-9-18-5-2)10-13-11-17(3)16-15-13/h11-12,14H,4-10H2,1-3H3. The molecule has 1 unspecified atom stereocenters. The lowest BCUT2D eigenvalue weighted by molar-refractivity contribution is 0.140. The maximum absolute atomic E-state index is 5.38. The van der Waals surface area contributed by atoms with Gasteiger partial charge >= 0.3 is 0 Å². The molecule has 104 valence electrons. The lowest BCUT2D eigenvalue weighted by atomic mass is 10.1. The van der Waals surface area contributed by atoms with Crippen LogP contribution in [0, 0.1) is 0 Å². The van der Waals surface area contributed by atoms with Gasteiger partial charge in [0.15, 0.2) is 0 Å². The van der Waals surface area contributed by atoms with E-state index in [1.807, 2.05) is 20.2 Å². The van der Waals surface area contributed by atoms with E-state index in [4.69, 9.17) is 4.74 Å². The van der Waals surface area contributed by atoms with Crippen molar-refractivity contribution in [2.24, 2.45) is 7.05 Å². The maximum atomic E-state index is 5.38. The van der Waals surface area contributed by atoms with E-state index in [-0.39, 0.29) is 0 Å². The van der Waals surface area contributed by atoms with Crippen LogP contribution in [0.1, 0.15) is 38.8 Å². The quantitative estimate of drug-likeness (QED) is 0.644. The highest BCUT2D eigenvalue weighted by molar-refractivity contribution is 4.95. The van der Waals surface area contributed by atoms with Gasteiger partial charge in [-0.05, 0) is 32.7 Å². The molecular weight excluding hydrogens is 228 g/mol. The van der Waals surface area contributed by atoms with Gasteiger partial charge in [0.05, 0.1) is 5.69 Å². The second kappa shape index (κ2) is 9.05. The number of aromatic nitrogens is 3. The van der Waals surface area contributed by atoms with Gasteiger partial charge in [0, 0.05) is 38.9 Å². The Bertz CT molecular complexity index is 314. The molecule has 0 amide bonds. The van der Waals surface area contributed by atoms with E-state index in [9.17, 15) is 0 Å². The van der Waals surface area contributed by atoms with Crippen LogP contribution in [-0.4, -0.2) is 40.8 Å². The SMILES string of the molecule is CCCNC(CCCOCC)Cc1cn(C)nn1. The molecule has 0 saturated heterocycles. The van der Waals surface area contributed by atoms with Gasteiger partial charge in [-0.2, -0.15) is 0 Å². The predicted molar refractivity (Wildman–Crippen MR) is 72.5 cm³/mol. The summed E-state index contributed by atoms with van der Waals surface area (Å²) in [6.07, 6.45) is 6.30. The minimum absolute atomic E-state index is 0.474. The average Bonchev–Trinajstić information content (AvgIpc) is 2.77. The molecule has 0 aliphatic carbocycles. The van der Waals surface area contributed by atoms with Gasteiger partial charge < -0.3 is 10.1 Å². The number of hydrogen-bond acceptors (Lipinski definition) is 4. The average molecular weight is 254 g/mol. The van der Waals surface area contributed by atoms with E-state index < -0.39 is 0 Å².